The van der Waals surface area contributed by atoms with Crippen molar-refractivity contribution in [2.45, 2.75) is 6.61 Å². The molecule has 0 fully saturated rings. The molecule has 35 heavy (non-hydrogen) atoms. The lowest BCUT2D eigenvalue weighted by Gasteiger charge is -2.12. The minimum Gasteiger partial charge on any atom is -0.496 e. The number of hydrogen-bond donors (Lipinski definition) is 1. The van der Waals surface area contributed by atoms with E-state index in [9.17, 15) is 5.11 Å². The molecule has 0 unspecified atom stereocenters. The van der Waals surface area contributed by atoms with Gasteiger partial charge in [0.25, 0.3) is 0 Å². The van der Waals surface area contributed by atoms with Gasteiger partial charge in [0, 0.05) is 34.1 Å². The van der Waals surface area contributed by atoms with Crippen LogP contribution < -0.4 is 14.2 Å². The van der Waals surface area contributed by atoms with E-state index in [0.717, 1.165) is 5.56 Å². The quantitative estimate of drug-likeness (QED) is 0.263. The van der Waals surface area contributed by atoms with Gasteiger partial charge in [0.15, 0.2) is 5.82 Å². The molecule has 1 N–H and O–H groups in total. The lowest BCUT2D eigenvalue weighted by atomic mass is 10.1. The molecular formula is C25H20Cl4N2O4. The Labute approximate surface area is 222 Å². The Morgan fingerprint density at radius 1 is 0.714 bits per heavy atom. The monoisotopic (exact) mass is 552 g/mol. The van der Waals surface area contributed by atoms with Crippen LogP contribution >= 0.6 is 46.4 Å². The average Bonchev–Trinajstić information content (AvgIpc) is 2.87. The highest BCUT2D eigenvalue weighted by Crippen LogP contribution is 2.36. The van der Waals surface area contributed by atoms with Gasteiger partial charge in [-0.1, -0.05) is 46.4 Å². The van der Waals surface area contributed by atoms with Gasteiger partial charge in [-0.25, -0.2) is 9.97 Å². The predicted octanol–water partition coefficient (Wildman–Crippen LogP) is 7.75. The van der Waals surface area contributed by atoms with Crippen molar-refractivity contribution in [3.8, 4) is 34.4 Å². The highest BCUT2D eigenvalue weighted by atomic mass is 35.5. The molecule has 6 nitrogen and oxygen atoms in total. The van der Waals surface area contributed by atoms with Gasteiger partial charge < -0.3 is 19.3 Å². The SMILES string of the molecule is COc1cc(OC)c(-c2ncccn2)cc1CO.Clc1ccc(Oc2ccc(Cl)cc2Cl)c(Cl)c1. The van der Waals surface area contributed by atoms with E-state index < -0.39 is 0 Å². The number of aliphatic hydroxyl groups excluding tert-OH is 1. The molecule has 0 aliphatic heterocycles. The topological polar surface area (TPSA) is 73.7 Å². The maximum atomic E-state index is 9.32. The molecule has 3 aromatic carbocycles. The van der Waals surface area contributed by atoms with Crippen LogP contribution in [-0.4, -0.2) is 29.3 Å². The minimum atomic E-state index is -0.118. The van der Waals surface area contributed by atoms with E-state index in [-0.39, 0.29) is 6.61 Å². The maximum absolute atomic E-state index is 9.32. The number of methoxy groups -OCH3 is 2. The zero-order valence-electron chi connectivity index (χ0n) is 18.6. The number of aromatic nitrogens is 2. The van der Waals surface area contributed by atoms with Gasteiger partial charge in [-0.15, -0.1) is 0 Å². The second-order valence-corrected chi connectivity index (χ2v) is 8.53. The molecule has 0 bridgehead atoms. The van der Waals surface area contributed by atoms with Gasteiger partial charge in [-0.05, 0) is 48.5 Å². The van der Waals surface area contributed by atoms with Crippen molar-refractivity contribution >= 4 is 46.4 Å². The van der Waals surface area contributed by atoms with Crippen molar-refractivity contribution in [3.05, 3.63) is 92.6 Å². The van der Waals surface area contributed by atoms with Crippen LogP contribution in [0.4, 0.5) is 0 Å². The smallest absolute Gasteiger partial charge is 0.162 e. The van der Waals surface area contributed by atoms with Gasteiger partial charge in [-0.3, -0.25) is 0 Å². The molecule has 0 amide bonds. The van der Waals surface area contributed by atoms with E-state index in [2.05, 4.69) is 9.97 Å². The third kappa shape index (κ3) is 7.13. The molecular weight excluding hydrogens is 534 g/mol. The summed E-state index contributed by atoms with van der Waals surface area (Å²) >= 11 is 23.5. The fraction of sp³-hybridized carbons (Fsp3) is 0.120. The number of hydrogen-bond acceptors (Lipinski definition) is 6. The first-order chi connectivity index (χ1) is 16.9. The van der Waals surface area contributed by atoms with Crippen LogP contribution in [0, 0.1) is 0 Å². The van der Waals surface area contributed by atoms with Crippen LogP contribution in [0.1, 0.15) is 5.56 Å². The predicted molar refractivity (Wildman–Crippen MR) is 139 cm³/mol. The number of rotatable bonds is 6. The average molecular weight is 554 g/mol. The van der Waals surface area contributed by atoms with Gasteiger partial charge in [0.1, 0.15) is 23.0 Å². The van der Waals surface area contributed by atoms with E-state index in [1.54, 1.807) is 81.2 Å². The van der Waals surface area contributed by atoms with Crippen molar-refractivity contribution in [1.29, 1.82) is 0 Å². The van der Waals surface area contributed by atoms with Gasteiger partial charge in [0.2, 0.25) is 0 Å². The molecule has 182 valence electrons. The molecule has 4 rings (SSSR count). The Morgan fingerprint density at radius 3 is 1.71 bits per heavy atom. The first-order valence-electron chi connectivity index (χ1n) is 10.1. The lowest BCUT2D eigenvalue weighted by Crippen LogP contribution is -1.98. The zero-order valence-corrected chi connectivity index (χ0v) is 21.7. The summed E-state index contributed by atoms with van der Waals surface area (Å²) in [7, 11) is 3.12. The Morgan fingerprint density at radius 2 is 1.26 bits per heavy atom. The van der Waals surface area contributed by atoms with E-state index in [1.807, 2.05) is 0 Å². The van der Waals surface area contributed by atoms with Crippen LogP contribution in [0.3, 0.4) is 0 Å². The van der Waals surface area contributed by atoms with Crippen LogP contribution in [-0.2, 0) is 6.61 Å². The Hall–Kier alpha value is -2.74. The number of ether oxygens (including phenoxy) is 3. The van der Waals surface area contributed by atoms with Crippen LogP contribution in [0.2, 0.25) is 20.1 Å². The van der Waals surface area contributed by atoms with Crippen molar-refractivity contribution in [1.82, 2.24) is 9.97 Å². The van der Waals surface area contributed by atoms with Gasteiger partial charge in [0.05, 0.1) is 36.4 Å². The Kier molecular flexibility index (Phi) is 9.83. The molecule has 10 heteroatoms. The van der Waals surface area contributed by atoms with E-state index in [0.29, 0.717) is 54.5 Å². The lowest BCUT2D eigenvalue weighted by molar-refractivity contribution is 0.273. The summed E-state index contributed by atoms with van der Waals surface area (Å²) in [6, 6.07) is 15.2. The molecule has 0 aliphatic rings. The largest absolute Gasteiger partial charge is 0.496 e. The summed E-state index contributed by atoms with van der Waals surface area (Å²) in [5.41, 5.74) is 1.39. The molecule has 1 heterocycles. The summed E-state index contributed by atoms with van der Waals surface area (Å²) in [5.74, 6) is 2.71. The summed E-state index contributed by atoms with van der Waals surface area (Å²) in [6.45, 7) is -0.118. The fourth-order valence-electron chi connectivity index (χ4n) is 2.94. The second-order valence-electron chi connectivity index (χ2n) is 6.85. The second kappa shape index (κ2) is 12.8. The van der Waals surface area contributed by atoms with E-state index in [1.165, 1.54) is 0 Å². The number of benzene rings is 3. The standard InChI is InChI=1S/C13H14N2O3.C12H6Cl4O/c1-17-11-7-12(18-2)10(6-9(11)8-16)13-14-4-3-5-15-13;13-7-1-3-11(9(15)5-7)17-12-4-2-8(14)6-10(12)16/h3-7,16H,8H2,1-2H3;1-6H. The number of halogens is 4. The van der Waals surface area contributed by atoms with Crippen molar-refractivity contribution in [2.75, 3.05) is 14.2 Å². The highest BCUT2D eigenvalue weighted by Gasteiger charge is 2.14. The molecule has 1 aromatic heterocycles. The fourth-order valence-corrected chi connectivity index (χ4v) is 3.83. The molecule has 0 atom stereocenters. The normalized spacial score (nSPS) is 10.3. The van der Waals surface area contributed by atoms with E-state index >= 15 is 0 Å². The van der Waals surface area contributed by atoms with Crippen LogP contribution in [0.5, 0.6) is 23.0 Å². The molecule has 0 saturated heterocycles. The van der Waals surface area contributed by atoms with Crippen LogP contribution in [0.15, 0.2) is 67.0 Å². The highest BCUT2D eigenvalue weighted by molar-refractivity contribution is 6.36. The van der Waals surface area contributed by atoms with E-state index in [4.69, 9.17) is 60.6 Å². The van der Waals surface area contributed by atoms with Gasteiger partial charge >= 0.3 is 0 Å². The molecule has 0 saturated carbocycles. The molecule has 4 aromatic rings. The first kappa shape index (κ1) is 26.9. The van der Waals surface area contributed by atoms with Crippen LogP contribution in [0.25, 0.3) is 11.4 Å². The summed E-state index contributed by atoms with van der Waals surface area (Å²) < 4.78 is 16.1. The number of aliphatic hydroxyl groups is 1. The Bertz CT molecular complexity index is 1240. The maximum Gasteiger partial charge on any atom is 0.162 e. The summed E-state index contributed by atoms with van der Waals surface area (Å²) in [6.07, 6.45) is 3.31. The third-order valence-electron chi connectivity index (χ3n) is 4.59. The zero-order chi connectivity index (χ0) is 25.4. The molecule has 0 spiro atoms. The number of nitrogens with zero attached hydrogens (tertiary/aromatic N) is 2. The minimum absolute atomic E-state index is 0.118. The summed E-state index contributed by atoms with van der Waals surface area (Å²) in [4.78, 5) is 8.35. The van der Waals surface area contributed by atoms with Crippen molar-refractivity contribution < 1.29 is 19.3 Å². The first-order valence-corrected chi connectivity index (χ1v) is 11.6. The van der Waals surface area contributed by atoms with Gasteiger partial charge in [-0.2, -0.15) is 0 Å². The van der Waals surface area contributed by atoms with Crippen molar-refractivity contribution in [3.63, 3.8) is 0 Å². The van der Waals surface area contributed by atoms with Crippen molar-refractivity contribution in [2.24, 2.45) is 0 Å². The third-order valence-corrected chi connectivity index (χ3v) is 5.65. The summed E-state index contributed by atoms with van der Waals surface area (Å²) in [5, 5.41) is 11.3. The Balaban J connectivity index is 0.000000196. The molecule has 0 aliphatic carbocycles. The molecule has 0 radical (unpaired) electrons.